The molecule has 1 aromatic rings. The minimum Gasteiger partial charge on any atom is -0.356 e. The molecule has 1 aromatic heterocycles. The van der Waals surface area contributed by atoms with Gasteiger partial charge in [0, 0.05) is 21.8 Å². The van der Waals surface area contributed by atoms with Crippen LogP contribution in [0.25, 0.3) is 0 Å². The molecule has 1 aliphatic heterocycles. The molecule has 1 amide bonds. The molecule has 2 rings (SSSR count). The molecule has 1 unspecified atom stereocenters. The van der Waals surface area contributed by atoms with Gasteiger partial charge in [0.15, 0.2) is 0 Å². The van der Waals surface area contributed by atoms with E-state index in [-0.39, 0.29) is 11.8 Å². The first-order chi connectivity index (χ1) is 6.27. The zero-order chi connectivity index (χ0) is 9.26. The summed E-state index contributed by atoms with van der Waals surface area (Å²) in [6, 6.07) is 2.03. The zero-order valence-electron chi connectivity index (χ0n) is 7.05. The lowest BCUT2D eigenvalue weighted by Gasteiger charge is -2.04. The Hall–Kier alpha value is -0.350. The van der Waals surface area contributed by atoms with E-state index in [9.17, 15) is 4.79 Å². The lowest BCUT2D eigenvalue weighted by Crippen LogP contribution is -2.20. The van der Waals surface area contributed by atoms with Gasteiger partial charge in [0.1, 0.15) is 0 Å². The number of rotatable bonds is 2. The first kappa shape index (κ1) is 9.21. The maximum absolute atomic E-state index is 11.3. The quantitative estimate of drug-likeness (QED) is 0.867. The second-order valence-electron chi connectivity index (χ2n) is 3.17. The third-order valence-corrected chi connectivity index (χ3v) is 4.23. The van der Waals surface area contributed by atoms with Crippen LogP contribution in [-0.4, -0.2) is 12.5 Å². The summed E-state index contributed by atoms with van der Waals surface area (Å²) < 4.78 is 1.14. The second kappa shape index (κ2) is 3.80. The van der Waals surface area contributed by atoms with Crippen LogP contribution < -0.4 is 5.32 Å². The Morgan fingerprint density at radius 1 is 1.69 bits per heavy atom. The summed E-state index contributed by atoms with van der Waals surface area (Å²) in [5, 5.41) is 4.90. The van der Waals surface area contributed by atoms with Gasteiger partial charge in [-0.1, -0.05) is 0 Å². The molecular weight excluding hydrogens is 250 g/mol. The van der Waals surface area contributed by atoms with E-state index in [1.165, 1.54) is 4.88 Å². The highest BCUT2D eigenvalue weighted by molar-refractivity contribution is 9.10. The molecule has 70 valence electrons. The molecular formula is C9H10BrNOS. The fraction of sp³-hybridized carbons (Fsp3) is 0.444. The third kappa shape index (κ3) is 1.94. The fourth-order valence-electron chi connectivity index (χ4n) is 1.53. The smallest absolute Gasteiger partial charge is 0.223 e. The topological polar surface area (TPSA) is 29.1 Å². The van der Waals surface area contributed by atoms with Crippen LogP contribution in [0.3, 0.4) is 0 Å². The van der Waals surface area contributed by atoms with E-state index in [2.05, 4.69) is 21.2 Å². The number of hydrogen-bond donors (Lipinski definition) is 1. The lowest BCUT2D eigenvalue weighted by molar-refractivity contribution is -0.122. The highest BCUT2D eigenvalue weighted by Gasteiger charge is 2.24. The zero-order valence-corrected chi connectivity index (χ0v) is 9.45. The molecule has 0 radical (unpaired) electrons. The van der Waals surface area contributed by atoms with Gasteiger partial charge >= 0.3 is 0 Å². The minimum atomic E-state index is 0.190. The van der Waals surface area contributed by atoms with Crippen LogP contribution in [0.1, 0.15) is 11.3 Å². The van der Waals surface area contributed by atoms with Crippen molar-refractivity contribution in [1.82, 2.24) is 5.32 Å². The fourth-order valence-corrected chi connectivity index (χ4v) is 3.13. The van der Waals surface area contributed by atoms with Gasteiger partial charge in [0.25, 0.3) is 0 Å². The molecule has 1 N–H and O–H groups in total. The maximum atomic E-state index is 11.3. The summed E-state index contributed by atoms with van der Waals surface area (Å²) in [5.74, 6) is 0.398. The first-order valence-electron chi connectivity index (χ1n) is 4.27. The van der Waals surface area contributed by atoms with Crippen LogP contribution in [0, 0.1) is 5.92 Å². The Morgan fingerprint density at radius 2 is 2.54 bits per heavy atom. The molecule has 1 atom stereocenters. The molecule has 1 saturated heterocycles. The number of thiophene rings is 1. The van der Waals surface area contributed by atoms with Crippen molar-refractivity contribution in [2.75, 3.05) is 6.54 Å². The molecule has 0 aromatic carbocycles. The van der Waals surface area contributed by atoms with Gasteiger partial charge in [-0.25, -0.2) is 0 Å². The molecule has 2 nitrogen and oxygen atoms in total. The van der Waals surface area contributed by atoms with E-state index >= 15 is 0 Å². The number of carbonyl (C=O) groups is 1. The van der Waals surface area contributed by atoms with Crippen LogP contribution in [0.15, 0.2) is 15.9 Å². The predicted molar refractivity (Wildman–Crippen MR) is 56.8 cm³/mol. The molecule has 1 fully saturated rings. The van der Waals surface area contributed by atoms with Gasteiger partial charge in [0.05, 0.1) is 0 Å². The Morgan fingerprint density at radius 3 is 3.08 bits per heavy atom. The van der Waals surface area contributed by atoms with Crippen molar-refractivity contribution in [2.24, 2.45) is 5.92 Å². The van der Waals surface area contributed by atoms with Gasteiger partial charge in [-0.05, 0) is 40.2 Å². The molecule has 2 heterocycles. The molecule has 4 heteroatoms. The summed E-state index contributed by atoms with van der Waals surface area (Å²) in [4.78, 5) is 12.6. The third-order valence-electron chi connectivity index (χ3n) is 2.29. The maximum Gasteiger partial charge on any atom is 0.223 e. The van der Waals surface area contributed by atoms with Gasteiger partial charge < -0.3 is 5.32 Å². The van der Waals surface area contributed by atoms with Gasteiger partial charge in [0.2, 0.25) is 5.91 Å². The molecule has 0 aliphatic carbocycles. The molecule has 0 bridgehead atoms. The molecule has 0 spiro atoms. The van der Waals surface area contributed by atoms with Crippen LogP contribution in [0.2, 0.25) is 0 Å². The van der Waals surface area contributed by atoms with E-state index < -0.39 is 0 Å². The van der Waals surface area contributed by atoms with Crippen LogP contribution in [0.4, 0.5) is 0 Å². The minimum absolute atomic E-state index is 0.190. The summed E-state index contributed by atoms with van der Waals surface area (Å²) >= 11 is 5.18. The van der Waals surface area contributed by atoms with Crippen molar-refractivity contribution >= 4 is 33.2 Å². The highest BCUT2D eigenvalue weighted by atomic mass is 79.9. The number of carbonyl (C=O) groups excluding carboxylic acids is 1. The van der Waals surface area contributed by atoms with Crippen molar-refractivity contribution in [1.29, 1.82) is 0 Å². The Bertz CT molecular complexity index is 323. The van der Waals surface area contributed by atoms with E-state index in [0.717, 1.165) is 23.9 Å². The van der Waals surface area contributed by atoms with Crippen LogP contribution in [0.5, 0.6) is 0 Å². The largest absolute Gasteiger partial charge is 0.356 e. The highest BCUT2D eigenvalue weighted by Crippen LogP contribution is 2.27. The average molecular weight is 260 g/mol. The van der Waals surface area contributed by atoms with E-state index in [1.807, 2.05) is 11.4 Å². The van der Waals surface area contributed by atoms with Crippen molar-refractivity contribution in [3.05, 3.63) is 20.8 Å². The van der Waals surface area contributed by atoms with Gasteiger partial charge in [-0.3, -0.25) is 4.79 Å². The number of halogens is 1. The van der Waals surface area contributed by atoms with Crippen LogP contribution in [-0.2, 0) is 11.2 Å². The predicted octanol–water partition coefficient (Wildman–Crippen LogP) is 2.19. The van der Waals surface area contributed by atoms with Gasteiger partial charge in [-0.2, -0.15) is 0 Å². The van der Waals surface area contributed by atoms with E-state index in [0.29, 0.717) is 0 Å². The lowest BCUT2D eigenvalue weighted by atomic mass is 10.0. The van der Waals surface area contributed by atoms with Crippen molar-refractivity contribution in [2.45, 2.75) is 12.8 Å². The second-order valence-corrected chi connectivity index (χ2v) is 5.03. The van der Waals surface area contributed by atoms with Crippen molar-refractivity contribution < 1.29 is 4.79 Å². The van der Waals surface area contributed by atoms with E-state index in [4.69, 9.17) is 0 Å². The molecule has 0 saturated carbocycles. The SMILES string of the molecule is O=C1NCCC1Cc1sccc1Br. The summed E-state index contributed by atoms with van der Waals surface area (Å²) in [6.07, 6.45) is 1.85. The van der Waals surface area contributed by atoms with Crippen molar-refractivity contribution in [3.63, 3.8) is 0 Å². The van der Waals surface area contributed by atoms with Gasteiger partial charge in [-0.15, -0.1) is 11.3 Å². The monoisotopic (exact) mass is 259 g/mol. The molecule has 13 heavy (non-hydrogen) atoms. The van der Waals surface area contributed by atoms with E-state index in [1.54, 1.807) is 11.3 Å². The number of hydrogen-bond acceptors (Lipinski definition) is 2. The Labute approximate surface area is 89.5 Å². The summed E-state index contributed by atoms with van der Waals surface area (Å²) in [6.45, 7) is 0.840. The Balaban J connectivity index is 2.06. The first-order valence-corrected chi connectivity index (χ1v) is 5.94. The van der Waals surface area contributed by atoms with Crippen molar-refractivity contribution in [3.8, 4) is 0 Å². The molecule has 1 aliphatic rings. The van der Waals surface area contributed by atoms with Crippen LogP contribution >= 0.6 is 27.3 Å². The summed E-state index contributed by atoms with van der Waals surface area (Å²) in [7, 11) is 0. The summed E-state index contributed by atoms with van der Waals surface area (Å²) in [5.41, 5.74) is 0. The Kier molecular flexibility index (Phi) is 2.69. The average Bonchev–Trinajstić information content (AvgIpc) is 2.65. The standard InChI is InChI=1S/C9H10BrNOS/c10-7-2-4-13-8(7)5-6-1-3-11-9(6)12/h2,4,6H,1,3,5H2,(H,11,12). The normalized spacial score (nSPS) is 21.9. The number of nitrogens with one attached hydrogen (secondary N) is 1. The number of amides is 1.